The third kappa shape index (κ3) is 4.04. The highest BCUT2D eigenvalue weighted by molar-refractivity contribution is 9.10. The minimum atomic E-state index is -3.61. The third-order valence-electron chi connectivity index (χ3n) is 2.91. The molecular formula is C13H18BrNO4S. The van der Waals surface area contributed by atoms with Crippen LogP contribution >= 0.6 is 15.9 Å². The van der Waals surface area contributed by atoms with Crippen molar-refractivity contribution >= 4 is 31.9 Å². The summed E-state index contributed by atoms with van der Waals surface area (Å²) < 4.78 is 31.7. The van der Waals surface area contributed by atoms with Gasteiger partial charge in [-0.2, -0.15) is 4.31 Å². The number of hydrogen-bond donors (Lipinski definition) is 0. The largest absolute Gasteiger partial charge is 0.469 e. The van der Waals surface area contributed by atoms with E-state index in [1.54, 1.807) is 32.0 Å². The number of sulfonamides is 1. The monoisotopic (exact) mass is 363 g/mol. The molecule has 0 saturated carbocycles. The third-order valence-corrected chi connectivity index (χ3v) is 5.52. The minimum Gasteiger partial charge on any atom is -0.469 e. The summed E-state index contributed by atoms with van der Waals surface area (Å²) in [4.78, 5) is 11.4. The van der Waals surface area contributed by atoms with Gasteiger partial charge in [-0.15, -0.1) is 0 Å². The van der Waals surface area contributed by atoms with Crippen LogP contribution in [0, 0.1) is 6.92 Å². The molecule has 0 radical (unpaired) electrons. The van der Waals surface area contributed by atoms with Crippen LogP contribution in [0.4, 0.5) is 0 Å². The van der Waals surface area contributed by atoms with Crippen molar-refractivity contribution < 1.29 is 17.9 Å². The Morgan fingerprint density at radius 3 is 2.60 bits per heavy atom. The molecule has 1 rings (SSSR count). The van der Waals surface area contributed by atoms with Crippen LogP contribution in [-0.2, 0) is 19.6 Å². The first kappa shape index (κ1) is 17.1. The summed E-state index contributed by atoms with van der Waals surface area (Å²) >= 11 is 3.28. The molecule has 0 unspecified atom stereocenters. The van der Waals surface area contributed by atoms with Crippen LogP contribution in [0.3, 0.4) is 0 Å². The Kier molecular flexibility index (Phi) is 6.16. The summed E-state index contributed by atoms with van der Waals surface area (Å²) in [5, 5.41) is 0. The molecule has 1 aromatic carbocycles. The first-order chi connectivity index (χ1) is 9.32. The van der Waals surface area contributed by atoms with Gasteiger partial charge in [0.2, 0.25) is 10.0 Å². The molecule has 0 aliphatic carbocycles. The molecule has 112 valence electrons. The molecule has 1 aromatic rings. The molecule has 0 atom stereocenters. The number of esters is 1. The zero-order valence-corrected chi connectivity index (χ0v) is 14.1. The van der Waals surface area contributed by atoms with E-state index < -0.39 is 16.0 Å². The smallest absolute Gasteiger partial charge is 0.306 e. The predicted octanol–water partition coefficient (Wildman–Crippen LogP) is 2.33. The van der Waals surface area contributed by atoms with Crippen molar-refractivity contribution in [2.24, 2.45) is 0 Å². The summed E-state index contributed by atoms with van der Waals surface area (Å²) in [6.45, 7) is 3.89. The van der Waals surface area contributed by atoms with E-state index in [9.17, 15) is 13.2 Å². The Bertz CT molecular complexity index is 586. The fourth-order valence-electron chi connectivity index (χ4n) is 1.76. The second kappa shape index (κ2) is 7.19. The number of ether oxygens (including phenoxy) is 1. The fraction of sp³-hybridized carbons (Fsp3) is 0.462. The second-order valence-corrected chi connectivity index (χ2v) is 7.05. The molecule has 0 aromatic heterocycles. The SMILES string of the molecule is CCN(CCC(=O)OC)S(=O)(=O)c1cc(Br)ccc1C. The number of aryl methyl sites for hydroxylation is 1. The molecular weight excluding hydrogens is 346 g/mol. The molecule has 0 fully saturated rings. The van der Waals surface area contributed by atoms with E-state index in [0.29, 0.717) is 16.6 Å². The number of hydrogen-bond acceptors (Lipinski definition) is 4. The zero-order chi connectivity index (χ0) is 15.3. The Labute approximate surface area is 128 Å². The highest BCUT2D eigenvalue weighted by Gasteiger charge is 2.25. The van der Waals surface area contributed by atoms with E-state index in [4.69, 9.17) is 0 Å². The standard InChI is InChI=1S/C13H18BrNO4S/c1-4-15(8-7-13(16)19-3)20(17,18)12-9-11(14)6-5-10(12)2/h5-6,9H,4,7-8H2,1-3H3. The van der Waals surface area contributed by atoms with Crippen molar-refractivity contribution in [3.63, 3.8) is 0 Å². The number of rotatable bonds is 6. The molecule has 0 aliphatic heterocycles. The number of carbonyl (C=O) groups is 1. The van der Waals surface area contributed by atoms with Gasteiger partial charge in [0.1, 0.15) is 0 Å². The van der Waals surface area contributed by atoms with Crippen LogP contribution in [0.25, 0.3) is 0 Å². The second-order valence-electron chi connectivity index (χ2n) is 4.23. The van der Waals surface area contributed by atoms with Gasteiger partial charge < -0.3 is 4.74 Å². The fourth-order valence-corrected chi connectivity index (χ4v) is 3.97. The molecule has 0 saturated heterocycles. The first-order valence-electron chi connectivity index (χ1n) is 6.16. The summed E-state index contributed by atoms with van der Waals surface area (Å²) in [7, 11) is -2.33. The Morgan fingerprint density at radius 2 is 2.05 bits per heavy atom. The van der Waals surface area contributed by atoms with Gasteiger partial charge >= 0.3 is 5.97 Å². The maximum absolute atomic E-state index is 12.6. The van der Waals surface area contributed by atoms with Crippen molar-refractivity contribution in [1.29, 1.82) is 0 Å². The molecule has 0 amide bonds. The zero-order valence-electron chi connectivity index (χ0n) is 11.7. The minimum absolute atomic E-state index is 0.0383. The van der Waals surface area contributed by atoms with Gasteiger partial charge in [0.15, 0.2) is 0 Å². The summed E-state index contributed by atoms with van der Waals surface area (Å²) in [6.07, 6.45) is 0.0383. The molecule has 0 aliphatic rings. The lowest BCUT2D eigenvalue weighted by molar-refractivity contribution is -0.140. The summed E-state index contributed by atoms with van der Waals surface area (Å²) in [5.74, 6) is -0.426. The van der Waals surface area contributed by atoms with E-state index in [1.165, 1.54) is 11.4 Å². The van der Waals surface area contributed by atoms with Crippen molar-refractivity contribution in [3.05, 3.63) is 28.2 Å². The van der Waals surface area contributed by atoms with Crippen molar-refractivity contribution in [3.8, 4) is 0 Å². The van der Waals surface area contributed by atoms with E-state index in [2.05, 4.69) is 20.7 Å². The number of carbonyl (C=O) groups excluding carboxylic acids is 1. The molecule has 7 heteroatoms. The van der Waals surface area contributed by atoms with Crippen LogP contribution in [0.1, 0.15) is 18.9 Å². The molecule has 0 N–H and O–H groups in total. The van der Waals surface area contributed by atoms with Gasteiger partial charge in [-0.05, 0) is 24.6 Å². The predicted molar refractivity (Wildman–Crippen MR) is 79.9 cm³/mol. The van der Waals surface area contributed by atoms with Gasteiger partial charge in [-0.3, -0.25) is 4.79 Å². The number of methoxy groups -OCH3 is 1. The molecule has 0 bridgehead atoms. The van der Waals surface area contributed by atoms with E-state index >= 15 is 0 Å². The first-order valence-corrected chi connectivity index (χ1v) is 8.39. The van der Waals surface area contributed by atoms with Crippen molar-refractivity contribution in [2.75, 3.05) is 20.2 Å². The van der Waals surface area contributed by atoms with Crippen LogP contribution in [0.2, 0.25) is 0 Å². The van der Waals surface area contributed by atoms with Gasteiger partial charge in [0.05, 0.1) is 18.4 Å². The molecule has 0 spiro atoms. The highest BCUT2D eigenvalue weighted by atomic mass is 79.9. The van der Waals surface area contributed by atoms with Gasteiger partial charge in [-0.25, -0.2) is 8.42 Å². The Morgan fingerprint density at radius 1 is 1.40 bits per heavy atom. The number of benzene rings is 1. The Balaban J connectivity index is 3.06. The molecule has 20 heavy (non-hydrogen) atoms. The van der Waals surface area contributed by atoms with Gasteiger partial charge in [0.25, 0.3) is 0 Å². The van der Waals surface area contributed by atoms with Crippen LogP contribution in [0.5, 0.6) is 0 Å². The average molecular weight is 364 g/mol. The maximum atomic E-state index is 12.6. The lowest BCUT2D eigenvalue weighted by Gasteiger charge is -2.21. The number of nitrogens with zero attached hydrogens (tertiary/aromatic N) is 1. The van der Waals surface area contributed by atoms with Crippen LogP contribution in [-0.4, -0.2) is 38.9 Å². The van der Waals surface area contributed by atoms with Crippen molar-refractivity contribution in [1.82, 2.24) is 4.31 Å². The molecule has 5 nitrogen and oxygen atoms in total. The maximum Gasteiger partial charge on any atom is 0.306 e. The number of halogens is 1. The normalized spacial score (nSPS) is 11.7. The summed E-state index contributed by atoms with van der Waals surface area (Å²) in [6, 6.07) is 5.11. The highest BCUT2D eigenvalue weighted by Crippen LogP contribution is 2.24. The van der Waals surface area contributed by atoms with Crippen LogP contribution in [0.15, 0.2) is 27.6 Å². The molecule has 0 heterocycles. The average Bonchev–Trinajstić information content (AvgIpc) is 2.41. The topological polar surface area (TPSA) is 63.7 Å². The van der Waals surface area contributed by atoms with Crippen molar-refractivity contribution in [2.45, 2.75) is 25.2 Å². The van der Waals surface area contributed by atoms with Crippen LogP contribution < -0.4 is 0 Å². The van der Waals surface area contributed by atoms with E-state index in [-0.39, 0.29) is 17.9 Å². The lowest BCUT2D eigenvalue weighted by atomic mass is 10.2. The Hall–Kier alpha value is -0.920. The van der Waals surface area contributed by atoms with E-state index in [1.807, 2.05) is 0 Å². The van der Waals surface area contributed by atoms with Gasteiger partial charge in [0, 0.05) is 17.6 Å². The summed E-state index contributed by atoms with van der Waals surface area (Å²) in [5.41, 5.74) is 0.671. The lowest BCUT2D eigenvalue weighted by Crippen LogP contribution is -2.33. The van der Waals surface area contributed by atoms with Gasteiger partial charge in [-0.1, -0.05) is 28.9 Å². The quantitative estimate of drug-likeness (QED) is 0.727. The van der Waals surface area contributed by atoms with E-state index in [0.717, 1.165) is 0 Å².